The van der Waals surface area contributed by atoms with Crippen LogP contribution in [0.15, 0.2) is 47.3 Å². The molecule has 0 bridgehead atoms. The number of alkyl halides is 3. The molecule has 9 nitrogen and oxygen atoms in total. The predicted molar refractivity (Wildman–Crippen MR) is 128 cm³/mol. The Hall–Kier alpha value is -3.64. The highest BCUT2D eigenvalue weighted by atomic mass is 19.4. The largest absolute Gasteiger partial charge is 0.490 e. The second kappa shape index (κ2) is 11.4. The molecule has 2 aromatic carbocycles. The lowest BCUT2D eigenvalue weighted by molar-refractivity contribution is -0.192. The van der Waals surface area contributed by atoms with Crippen LogP contribution in [0.3, 0.4) is 0 Å². The first-order chi connectivity index (χ1) is 16.9. The van der Waals surface area contributed by atoms with Crippen molar-refractivity contribution in [3.63, 3.8) is 0 Å². The van der Waals surface area contributed by atoms with E-state index in [1.165, 1.54) is 5.56 Å². The SMILES string of the molecule is CN1CCN(Cc2ccc(CN(C)C(=O)c3ccc4c(=O)[nH][nH]c4c3)cc2)CC1.O=C(O)C(F)(F)F. The molecule has 4 rings (SSSR count). The number of carboxylic acid groups (broad SMARTS) is 1. The summed E-state index contributed by atoms with van der Waals surface area (Å²) in [7, 11) is 3.96. The number of piperazine rings is 1. The molecular formula is C24H28F3N5O4. The van der Waals surface area contributed by atoms with Gasteiger partial charge in [-0.2, -0.15) is 13.2 Å². The zero-order valence-corrected chi connectivity index (χ0v) is 19.9. The van der Waals surface area contributed by atoms with Crippen molar-refractivity contribution in [3.05, 3.63) is 69.5 Å². The van der Waals surface area contributed by atoms with Crippen LogP contribution in [-0.2, 0) is 17.9 Å². The lowest BCUT2D eigenvalue weighted by Crippen LogP contribution is -2.43. The molecule has 3 N–H and O–H groups in total. The number of H-pyrrole nitrogens is 2. The fourth-order valence-electron chi connectivity index (χ4n) is 3.75. The van der Waals surface area contributed by atoms with Gasteiger partial charge in [0.25, 0.3) is 11.5 Å². The molecule has 1 aliphatic rings. The lowest BCUT2D eigenvalue weighted by Gasteiger charge is -2.32. The van der Waals surface area contributed by atoms with E-state index in [2.05, 4.69) is 51.3 Å². The quantitative estimate of drug-likeness (QED) is 0.489. The molecule has 0 atom stereocenters. The molecule has 0 saturated carbocycles. The molecule has 1 saturated heterocycles. The summed E-state index contributed by atoms with van der Waals surface area (Å²) >= 11 is 0. The number of benzene rings is 2. The maximum atomic E-state index is 12.8. The number of rotatable bonds is 5. The first-order valence-corrected chi connectivity index (χ1v) is 11.2. The van der Waals surface area contributed by atoms with Gasteiger partial charge in [0, 0.05) is 51.9 Å². The van der Waals surface area contributed by atoms with Crippen molar-refractivity contribution in [2.24, 2.45) is 0 Å². The van der Waals surface area contributed by atoms with E-state index in [0.717, 1.165) is 38.3 Å². The molecule has 2 heterocycles. The van der Waals surface area contributed by atoms with Gasteiger partial charge < -0.3 is 14.9 Å². The van der Waals surface area contributed by atoms with Crippen LogP contribution in [0.25, 0.3) is 10.9 Å². The summed E-state index contributed by atoms with van der Waals surface area (Å²) in [6.45, 7) is 5.95. The van der Waals surface area contributed by atoms with Gasteiger partial charge in [-0.25, -0.2) is 4.79 Å². The Kier molecular flexibility index (Phi) is 8.53. The van der Waals surface area contributed by atoms with Crippen molar-refractivity contribution in [1.29, 1.82) is 0 Å². The summed E-state index contributed by atoms with van der Waals surface area (Å²) in [5.41, 5.74) is 3.42. The van der Waals surface area contributed by atoms with E-state index in [-0.39, 0.29) is 11.5 Å². The smallest absolute Gasteiger partial charge is 0.475 e. The molecule has 0 radical (unpaired) electrons. The molecule has 1 amide bonds. The van der Waals surface area contributed by atoms with Gasteiger partial charge in [-0.3, -0.25) is 24.7 Å². The number of hydrogen-bond acceptors (Lipinski definition) is 5. The van der Waals surface area contributed by atoms with E-state index in [0.29, 0.717) is 23.0 Å². The number of hydrogen-bond donors (Lipinski definition) is 3. The van der Waals surface area contributed by atoms with Crippen molar-refractivity contribution in [3.8, 4) is 0 Å². The van der Waals surface area contributed by atoms with Crippen molar-refractivity contribution in [2.45, 2.75) is 19.3 Å². The number of aromatic nitrogens is 2. The Morgan fingerprint density at radius 3 is 2.17 bits per heavy atom. The van der Waals surface area contributed by atoms with Crippen molar-refractivity contribution in [1.82, 2.24) is 24.9 Å². The van der Waals surface area contributed by atoms with Crippen LogP contribution in [0.5, 0.6) is 0 Å². The van der Waals surface area contributed by atoms with Crippen LogP contribution < -0.4 is 5.56 Å². The summed E-state index contributed by atoms with van der Waals surface area (Å²) in [6.07, 6.45) is -5.08. The Bertz CT molecular complexity index is 1250. The number of carbonyl (C=O) groups is 2. The van der Waals surface area contributed by atoms with Gasteiger partial charge in [0.1, 0.15) is 0 Å². The Labute approximate surface area is 205 Å². The third-order valence-corrected chi connectivity index (χ3v) is 5.86. The molecule has 1 aromatic heterocycles. The van der Waals surface area contributed by atoms with Crippen molar-refractivity contribution < 1.29 is 27.9 Å². The average molecular weight is 508 g/mol. The zero-order valence-electron chi connectivity index (χ0n) is 19.9. The molecule has 0 unspecified atom stereocenters. The zero-order chi connectivity index (χ0) is 26.5. The molecule has 0 spiro atoms. The highest BCUT2D eigenvalue weighted by molar-refractivity contribution is 5.97. The molecule has 36 heavy (non-hydrogen) atoms. The number of amides is 1. The summed E-state index contributed by atoms with van der Waals surface area (Å²) in [6, 6.07) is 13.6. The van der Waals surface area contributed by atoms with Gasteiger partial charge in [0.2, 0.25) is 0 Å². The van der Waals surface area contributed by atoms with Crippen LogP contribution in [0, 0.1) is 0 Å². The number of halogens is 3. The fourth-order valence-corrected chi connectivity index (χ4v) is 3.75. The Morgan fingerprint density at radius 1 is 1.00 bits per heavy atom. The molecular weight excluding hydrogens is 479 g/mol. The Morgan fingerprint density at radius 2 is 1.58 bits per heavy atom. The minimum Gasteiger partial charge on any atom is -0.475 e. The standard InChI is InChI=1S/C22H27N5O2.C2HF3O2/c1-25-9-11-27(12-10-25)15-17-5-3-16(4-6-17)14-26(2)22(29)18-7-8-19-20(13-18)23-24-21(19)28;3-2(4,5)1(6)7/h3-8,13H,9-12,14-15H2,1-2H3,(H2,23,24,28);(H,6,7). The minimum atomic E-state index is -5.08. The topological polar surface area (TPSA) is 113 Å². The predicted octanol–water partition coefficient (Wildman–Crippen LogP) is 2.51. The summed E-state index contributed by atoms with van der Waals surface area (Å²) in [5.74, 6) is -2.83. The highest BCUT2D eigenvalue weighted by Crippen LogP contribution is 2.15. The van der Waals surface area contributed by atoms with Gasteiger partial charge in [0.15, 0.2) is 0 Å². The number of carbonyl (C=O) groups excluding carboxylic acids is 1. The van der Waals surface area contributed by atoms with Gasteiger partial charge >= 0.3 is 12.1 Å². The van der Waals surface area contributed by atoms with E-state index >= 15 is 0 Å². The van der Waals surface area contributed by atoms with Crippen LogP contribution in [0.2, 0.25) is 0 Å². The van der Waals surface area contributed by atoms with E-state index < -0.39 is 12.1 Å². The number of nitrogens with zero attached hydrogens (tertiary/aromatic N) is 3. The molecule has 0 aliphatic carbocycles. The van der Waals surface area contributed by atoms with E-state index in [4.69, 9.17) is 9.90 Å². The van der Waals surface area contributed by atoms with Crippen molar-refractivity contribution in [2.75, 3.05) is 40.3 Å². The van der Waals surface area contributed by atoms with Gasteiger partial charge in [-0.05, 0) is 36.4 Å². The van der Waals surface area contributed by atoms with Crippen LogP contribution >= 0.6 is 0 Å². The second-order valence-corrected chi connectivity index (χ2v) is 8.70. The third kappa shape index (κ3) is 7.18. The van der Waals surface area contributed by atoms with Crippen LogP contribution in [-0.4, -0.2) is 88.3 Å². The molecule has 1 aliphatic heterocycles. The van der Waals surface area contributed by atoms with Crippen molar-refractivity contribution >= 4 is 22.8 Å². The molecule has 1 fully saturated rings. The van der Waals surface area contributed by atoms with E-state index in [1.807, 2.05) is 0 Å². The number of carboxylic acids is 1. The summed E-state index contributed by atoms with van der Waals surface area (Å²) < 4.78 is 31.7. The average Bonchev–Trinajstić information content (AvgIpc) is 3.21. The molecule has 12 heteroatoms. The Balaban J connectivity index is 0.000000454. The number of fused-ring (bicyclic) bond motifs is 1. The fraction of sp³-hybridized carbons (Fsp3) is 0.375. The van der Waals surface area contributed by atoms with Crippen LogP contribution in [0.1, 0.15) is 21.5 Å². The first-order valence-electron chi connectivity index (χ1n) is 11.2. The normalized spacial score (nSPS) is 14.8. The van der Waals surface area contributed by atoms with E-state index in [1.54, 1.807) is 30.1 Å². The maximum absolute atomic E-state index is 12.8. The first kappa shape index (κ1) is 27.0. The highest BCUT2D eigenvalue weighted by Gasteiger charge is 2.38. The lowest BCUT2D eigenvalue weighted by atomic mass is 10.1. The number of aliphatic carboxylic acids is 1. The summed E-state index contributed by atoms with van der Waals surface area (Å²) in [4.78, 5) is 39.8. The monoisotopic (exact) mass is 507 g/mol. The second-order valence-electron chi connectivity index (χ2n) is 8.70. The number of likely N-dealkylation sites (N-methyl/N-ethyl adjacent to an activating group) is 1. The van der Waals surface area contributed by atoms with Gasteiger partial charge in [-0.15, -0.1) is 0 Å². The van der Waals surface area contributed by atoms with Gasteiger partial charge in [-0.1, -0.05) is 24.3 Å². The molecule has 194 valence electrons. The third-order valence-electron chi connectivity index (χ3n) is 5.86. The van der Waals surface area contributed by atoms with Crippen LogP contribution in [0.4, 0.5) is 13.2 Å². The van der Waals surface area contributed by atoms with Gasteiger partial charge in [0.05, 0.1) is 10.9 Å². The maximum Gasteiger partial charge on any atom is 0.490 e. The molecule has 3 aromatic rings. The minimum absolute atomic E-state index is 0.0736. The number of nitrogens with one attached hydrogen (secondary N) is 2. The van der Waals surface area contributed by atoms with E-state index in [9.17, 15) is 22.8 Å². The summed E-state index contributed by atoms with van der Waals surface area (Å²) in [5, 5.41) is 13.0. The number of aromatic amines is 2.